The number of fused-ring (bicyclic) bond motifs is 15. The minimum absolute atomic E-state index is 0.609. The fraction of sp³-hybridized carbons (Fsp3) is 0. The highest BCUT2D eigenvalue weighted by atomic mass is 32.1. The summed E-state index contributed by atoms with van der Waals surface area (Å²) in [5.74, 6) is 2.62. The summed E-state index contributed by atoms with van der Waals surface area (Å²) in [6, 6.07) is 164. The molecule has 0 aliphatic rings. The van der Waals surface area contributed by atoms with E-state index in [0.717, 1.165) is 89.7 Å². The maximum Gasteiger partial charge on any atom is 0.238 e. The summed E-state index contributed by atoms with van der Waals surface area (Å²) in [6.07, 6.45) is 0. The molecule has 26 rings (SSSR count). The SMILES string of the molecule is c1ccc(-c2cc(-c3ccccc3)nc(-c3cccc(-n4c5ccccc5c5c6sc(-c7ccccc7)cc6ccc54)c3)c2)cc1.c1ccc(-c2cc(-c3ccccc3)nc(-c3cccc(-n4c5ccccc5c5c6sc(-c7ccccc7)cc6ccc54)c3)n2)cc1.c1ccc(-c2nc(-c3ccccc3)nc(-n3c4ccccc4c4c5sc(-c6ccccc6)cc5ccc43)n2)cc1. The first-order valence-electron chi connectivity index (χ1n) is 44.2. The monoisotopic (exact) mass is 1740 g/mol. The molecule has 0 saturated heterocycles. The van der Waals surface area contributed by atoms with Gasteiger partial charge in [0.25, 0.3) is 0 Å². The second kappa shape index (κ2) is 34.1. The highest BCUT2D eigenvalue weighted by molar-refractivity contribution is 7.24. The highest BCUT2D eigenvalue weighted by Crippen LogP contribution is 2.48. The van der Waals surface area contributed by atoms with Crippen molar-refractivity contribution in [3.8, 4) is 139 Å². The number of para-hydroxylation sites is 3. The van der Waals surface area contributed by atoms with Crippen molar-refractivity contribution in [1.82, 2.24) is 43.6 Å². The first-order chi connectivity index (χ1) is 65.4. The lowest BCUT2D eigenvalue weighted by Crippen LogP contribution is -2.06. The van der Waals surface area contributed by atoms with E-state index in [4.69, 9.17) is 29.9 Å². The lowest BCUT2D eigenvalue weighted by molar-refractivity contribution is 0.953. The zero-order valence-corrected chi connectivity index (χ0v) is 73.7. The minimum atomic E-state index is 0.609. The molecule has 26 aromatic rings. The molecular weight excluding hydrogens is 1660 g/mol. The van der Waals surface area contributed by atoms with Crippen molar-refractivity contribution in [1.29, 1.82) is 0 Å². The van der Waals surface area contributed by atoms with Crippen LogP contribution in [0, 0.1) is 0 Å². The summed E-state index contributed by atoms with van der Waals surface area (Å²) < 4.78 is 10.9. The van der Waals surface area contributed by atoms with Crippen molar-refractivity contribution in [2.75, 3.05) is 0 Å². The van der Waals surface area contributed by atoms with E-state index in [2.05, 4.69) is 402 Å². The Morgan fingerprint density at radius 2 is 0.455 bits per heavy atom. The Hall–Kier alpha value is -16.7. The van der Waals surface area contributed by atoms with Crippen LogP contribution >= 0.6 is 34.0 Å². The standard InChI is InChI=1S/C43H28N2S.C42H27N3S.C35H22N4S/c1-4-13-29(14-5-1)34-26-37(30-15-6-2-7-16-30)44-38(27-34)32-19-12-20-35(25-32)45-39-22-11-10-21-36(39)42-40(45)24-23-33-28-41(46-43(33)42)31-17-8-3-9-18-31;1-4-13-28(14-5-1)35-27-36(29-15-6-2-7-16-29)44-42(43-35)32-19-12-20-33(25-32)45-37-22-11-10-21-34(37)40-38(45)24-23-31-26-39(46-41(31)40)30-17-8-3-9-18-30;1-4-12-23(13-5-1)30-22-26-20-21-29-31(32(26)40-30)27-18-10-11-19-28(27)39(29)35-37-33(24-14-6-2-7-15-24)36-34(38-35)25-16-8-3-9-17-25/h1-28H;1-27H;1-22H. The van der Waals surface area contributed by atoms with Crippen LogP contribution in [-0.4, -0.2) is 43.6 Å². The van der Waals surface area contributed by atoms with E-state index in [-0.39, 0.29) is 0 Å². The van der Waals surface area contributed by atoms with Gasteiger partial charge in [-0.15, -0.1) is 34.0 Å². The van der Waals surface area contributed by atoms with Gasteiger partial charge >= 0.3 is 0 Å². The predicted molar refractivity (Wildman–Crippen MR) is 555 cm³/mol. The van der Waals surface area contributed by atoms with E-state index >= 15 is 0 Å². The number of aromatic nitrogens is 9. The van der Waals surface area contributed by atoms with E-state index in [1.54, 1.807) is 0 Å². The van der Waals surface area contributed by atoms with Gasteiger partial charge in [-0.05, 0) is 141 Å². The highest BCUT2D eigenvalue weighted by Gasteiger charge is 2.25. The van der Waals surface area contributed by atoms with Crippen molar-refractivity contribution in [3.63, 3.8) is 0 Å². The van der Waals surface area contributed by atoms with Crippen molar-refractivity contribution in [3.05, 3.63) is 467 Å². The van der Waals surface area contributed by atoms with Crippen LogP contribution < -0.4 is 0 Å². The molecule has 12 heteroatoms. The van der Waals surface area contributed by atoms with Crippen LogP contribution in [0.2, 0.25) is 0 Å². The second-order valence-electron chi connectivity index (χ2n) is 32.8. The summed E-state index contributed by atoms with van der Waals surface area (Å²) >= 11 is 5.58. The van der Waals surface area contributed by atoms with Crippen molar-refractivity contribution >= 4 is 130 Å². The van der Waals surface area contributed by atoms with Gasteiger partial charge in [-0.25, -0.2) is 19.9 Å². The molecule has 17 aromatic carbocycles. The Balaban J connectivity index is 0.000000110. The number of hydrogen-bond acceptors (Lipinski definition) is 9. The molecule has 0 spiro atoms. The molecule has 0 unspecified atom stereocenters. The lowest BCUT2D eigenvalue weighted by Gasteiger charge is -2.13. The fourth-order valence-corrected chi connectivity index (χ4v) is 22.1. The van der Waals surface area contributed by atoms with Gasteiger partial charge in [0.15, 0.2) is 17.5 Å². The second-order valence-corrected chi connectivity index (χ2v) is 35.9. The minimum Gasteiger partial charge on any atom is -0.309 e. The number of pyridine rings is 1. The maximum absolute atomic E-state index is 5.21. The van der Waals surface area contributed by atoms with Crippen LogP contribution in [0.5, 0.6) is 0 Å². The Morgan fingerprint density at radius 1 is 0.167 bits per heavy atom. The molecule has 132 heavy (non-hydrogen) atoms. The normalized spacial score (nSPS) is 11.5. The van der Waals surface area contributed by atoms with E-state index in [9.17, 15) is 0 Å². The van der Waals surface area contributed by atoms with Gasteiger partial charge < -0.3 is 9.13 Å². The quantitative estimate of drug-likeness (QED) is 0.108. The summed E-state index contributed by atoms with van der Waals surface area (Å²) in [5, 5.41) is 11.3. The van der Waals surface area contributed by atoms with Gasteiger partial charge in [0.1, 0.15) is 0 Å². The molecule has 9 nitrogen and oxygen atoms in total. The number of thiophene rings is 3. The van der Waals surface area contributed by atoms with Gasteiger partial charge in [-0.1, -0.05) is 370 Å². The summed E-state index contributed by atoms with van der Waals surface area (Å²) in [7, 11) is 0. The summed E-state index contributed by atoms with van der Waals surface area (Å²) in [6.45, 7) is 0. The predicted octanol–water partition coefficient (Wildman–Crippen LogP) is 32.7. The zero-order chi connectivity index (χ0) is 87.4. The van der Waals surface area contributed by atoms with E-state index < -0.39 is 0 Å². The van der Waals surface area contributed by atoms with Crippen LogP contribution in [-0.2, 0) is 0 Å². The molecule has 0 fully saturated rings. The van der Waals surface area contributed by atoms with E-state index in [1.165, 1.54) is 122 Å². The average Bonchev–Trinajstić information content (AvgIpc) is 1.54. The zero-order valence-electron chi connectivity index (χ0n) is 71.2. The molecule has 620 valence electrons. The molecule has 9 heterocycles. The maximum atomic E-state index is 5.21. The number of benzene rings is 17. The number of hydrogen-bond donors (Lipinski definition) is 0. The van der Waals surface area contributed by atoms with Crippen LogP contribution in [0.25, 0.3) is 235 Å². The summed E-state index contributed by atoms with van der Waals surface area (Å²) in [5.41, 5.74) is 26.2. The molecule has 0 aliphatic carbocycles. The van der Waals surface area contributed by atoms with E-state index in [1.807, 2.05) is 113 Å². The average molecular weight is 1740 g/mol. The van der Waals surface area contributed by atoms with Crippen LogP contribution in [0.1, 0.15) is 0 Å². The Bertz CT molecular complexity index is 8270. The molecule has 0 bridgehead atoms. The van der Waals surface area contributed by atoms with Crippen molar-refractivity contribution in [2.45, 2.75) is 0 Å². The third-order valence-corrected chi connectivity index (χ3v) is 28.3. The molecule has 0 N–H and O–H groups in total. The molecule has 0 atom stereocenters. The Labute approximate surface area is 773 Å². The summed E-state index contributed by atoms with van der Waals surface area (Å²) in [4.78, 5) is 34.2. The number of rotatable bonds is 14. The van der Waals surface area contributed by atoms with E-state index in [0.29, 0.717) is 23.4 Å². The first kappa shape index (κ1) is 78.7. The van der Waals surface area contributed by atoms with Gasteiger partial charge in [-0.3, -0.25) is 4.57 Å². The largest absolute Gasteiger partial charge is 0.309 e. The van der Waals surface area contributed by atoms with Gasteiger partial charge in [0.05, 0.1) is 55.9 Å². The smallest absolute Gasteiger partial charge is 0.238 e. The van der Waals surface area contributed by atoms with Gasteiger partial charge in [-0.2, -0.15) is 9.97 Å². The van der Waals surface area contributed by atoms with Crippen LogP contribution in [0.3, 0.4) is 0 Å². The molecule has 0 amide bonds. The van der Waals surface area contributed by atoms with Gasteiger partial charge in [0, 0.05) is 111 Å². The fourth-order valence-electron chi connectivity index (χ4n) is 18.5. The molecule has 9 aromatic heterocycles. The molecule has 0 aliphatic heterocycles. The van der Waals surface area contributed by atoms with Crippen LogP contribution in [0.15, 0.2) is 467 Å². The molecule has 0 saturated carbocycles. The van der Waals surface area contributed by atoms with Crippen LogP contribution in [0.4, 0.5) is 0 Å². The third kappa shape index (κ3) is 14.7. The Kier molecular flexibility index (Phi) is 20.3. The number of nitrogens with zero attached hydrogens (tertiary/aromatic N) is 9. The Morgan fingerprint density at radius 3 is 0.841 bits per heavy atom. The topological polar surface area (TPSA) is 92.1 Å². The lowest BCUT2D eigenvalue weighted by atomic mass is 10.00. The first-order valence-corrected chi connectivity index (χ1v) is 46.6. The molecule has 0 radical (unpaired) electrons. The van der Waals surface area contributed by atoms with Crippen molar-refractivity contribution < 1.29 is 0 Å². The van der Waals surface area contributed by atoms with Gasteiger partial charge in [0.2, 0.25) is 5.95 Å². The third-order valence-electron chi connectivity index (χ3n) is 24.7. The van der Waals surface area contributed by atoms with Crippen molar-refractivity contribution in [2.24, 2.45) is 0 Å². The molecular formula is C120H77N9S3.